The molecule has 0 aliphatic heterocycles. The van der Waals surface area contributed by atoms with Gasteiger partial charge >= 0.3 is 5.97 Å². The molecule has 0 aliphatic rings. The van der Waals surface area contributed by atoms with Crippen LogP contribution in [0.2, 0.25) is 0 Å². The minimum atomic E-state index is -1.01. The van der Waals surface area contributed by atoms with Crippen molar-refractivity contribution in [2.75, 3.05) is 17.7 Å². The van der Waals surface area contributed by atoms with Crippen LogP contribution in [0.25, 0.3) is 0 Å². The third kappa shape index (κ3) is 3.45. The van der Waals surface area contributed by atoms with E-state index in [-0.39, 0.29) is 23.3 Å². The van der Waals surface area contributed by atoms with Crippen LogP contribution >= 0.6 is 0 Å². The highest BCUT2D eigenvalue weighted by Gasteiger charge is 2.23. The summed E-state index contributed by atoms with van der Waals surface area (Å²) in [6.45, 7) is 0. The normalized spacial score (nSPS) is 9.58. The predicted octanol–water partition coefficient (Wildman–Crippen LogP) is 2.89. The van der Waals surface area contributed by atoms with Crippen molar-refractivity contribution in [3.63, 3.8) is 0 Å². The van der Waals surface area contributed by atoms with Gasteiger partial charge in [0.05, 0.1) is 24.0 Å². The lowest BCUT2D eigenvalue weighted by atomic mass is 10.1. The molecular weight excluding hydrogens is 317 g/mol. The zero-order valence-corrected chi connectivity index (χ0v) is 12.5. The number of carbonyl (C=O) groups excluding carboxylic acids is 3. The molecule has 2 aromatic carbocycles. The van der Waals surface area contributed by atoms with Gasteiger partial charge in [0, 0.05) is 5.69 Å². The van der Waals surface area contributed by atoms with Gasteiger partial charge in [0.1, 0.15) is 5.69 Å². The smallest absolute Gasteiger partial charge is 0.340 e. The van der Waals surface area contributed by atoms with Crippen LogP contribution in [-0.2, 0) is 14.3 Å². The number of para-hydroxylation sites is 1. The van der Waals surface area contributed by atoms with E-state index in [2.05, 4.69) is 20.4 Å². The summed E-state index contributed by atoms with van der Waals surface area (Å²) in [6, 6.07) is 9.66. The van der Waals surface area contributed by atoms with Crippen LogP contribution in [0, 0.1) is 5.82 Å². The van der Waals surface area contributed by atoms with Gasteiger partial charge in [0.25, 0.3) is 0 Å². The number of nitrogens with one attached hydrogen (secondary N) is 2. The molecule has 0 radical (unpaired) electrons. The lowest BCUT2D eigenvalue weighted by Crippen LogP contribution is -2.10. The molecule has 0 heterocycles. The summed E-state index contributed by atoms with van der Waals surface area (Å²) < 4.78 is 19.4. The summed E-state index contributed by atoms with van der Waals surface area (Å²) in [5.41, 5.74) is -0.529. The van der Waals surface area contributed by atoms with Crippen molar-refractivity contribution >= 4 is 41.2 Å². The van der Waals surface area contributed by atoms with Crippen LogP contribution in [0.4, 0.5) is 27.1 Å². The molecule has 122 valence electrons. The number of ether oxygens (including phenoxy) is 1. The van der Waals surface area contributed by atoms with Crippen molar-refractivity contribution in [3.05, 3.63) is 47.8 Å². The molecule has 7 nitrogen and oxygen atoms in total. The Bertz CT molecular complexity index is 818. The molecular formula is C16H12FN3O4. The van der Waals surface area contributed by atoms with E-state index in [9.17, 15) is 18.8 Å². The predicted molar refractivity (Wildman–Crippen MR) is 84.9 cm³/mol. The fraction of sp³-hybridized carbons (Fsp3) is 0.0625. The third-order valence-corrected chi connectivity index (χ3v) is 3.06. The number of anilines is 3. The molecule has 0 bridgehead atoms. The molecule has 2 N–H and O–H groups in total. The number of halogens is 1. The number of rotatable bonds is 6. The number of carbonyl (C=O) groups is 2. The fourth-order valence-corrected chi connectivity index (χ4v) is 2.03. The number of aliphatic imine (C=N–C) groups is 1. The molecule has 24 heavy (non-hydrogen) atoms. The number of nitrogens with zero attached hydrogens (tertiary/aromatic N) is 1. The topological polar surface area (TPSA) is 96.9 Å². The van der Waals surface area contributed by atoms with Gasteiger partial charge in [-0.2, -0.15) is 4.99 Å². The maximum absolute atomic E-state index is 14.8. The maximum Gasteiger partial charge on any atom is 0.340 e. The Morgan fingerprint density at radius 1 is 1.33 bits per heavy atom. The van der Waals surface area contributed by atoms with Crippen molar-refractivity contribution in [2.24, 2.45) is 4.99 Å². The molecule has 2 rings (SSSR count). The Labute approximate surface area is 136 Å². The first-order valence-corrected chi connectivity index (χ1v) is 6.67. The molecule has 0 unspecified atom stereocenters. The number of hydrogen-bond donors (Lipinski definition) is 2. The van der Waals surface area contributed by atoms with E-state index in [0.29, 0.717) is 5.69 Å². The second kappa shape index (κ2) is 7.66. The van der Waals surface area contributed by atoms with Crippen LogP contribution in [0.1, 0.15) is 10.4 Å². The van der Waals surface area contributed by atoms with Crippen molar-refractivity contribution < 1.29 is 23.5 Å². The van der Waals surface area contributed by atoms with E-state index in [4.69, 9.17) is 0 Å². The fourth-order valence-electron chi connectivity index (χ4n) is 2.03. The van der Waals surface area contributed by atoms with E-state index in [1.807, 2.05) is 0 Å². The van der Waals surface area contributed by atoms with E-state index < -0.39 is 17.5 Å². The van der Waals surface area contributed by atoms with Crippen LogP contribution in [0.3, 0.4) is 0 Å². The lowest BCUT2D eigenvalue weighted by Gasteiger charge is -2.15. The van der Waals surface area contributed by atoms with E-state index in [0.717, 1.165) is 13.2 Å². The SMILES string of the molecule is COC(=O)c1cc(NC=O)c(N=C=O)c(F)c1Nc1ccccc1. The minimum Gasteiger partial charge on any atom is -0.465 e. The second-order valence-corrected chi connectivity index (χ2v) is 4.46. The zero-order chi connectivity index (χ0) is 17.5. The highest BCUT2D eigenvalue weighted by molar-refractivity contribution is 6.01. The number of hydrogen-bond acceptors (Lipinski definition) is 6. The third-order valence-electron chi connectivity index (χ3n) is 3.06. The Balaban J connectivity index is 2.69. The quantitative estimate of drug-likeness (QED) is 0.368. The highest BCUT2D eigenvalue weighted by Crippen LogP contribution is 2.37. The van der Waals surface area contributed by atoms with Gasteiger partial charge in [0.2, 0.25) is 12.5 Å². The van der Waals surface area contributed by atoms with Crippen LogP contribution in [-0.4, -0.2) is 25.6 Å². The molecule has 0 atom stereocenters. The molecule has 1 amide bonds. The summed E-state index contributed by atoms with van der Waals surface area (Å²) >= 11 is 0. The summed E-state index contributed by atoms with van der Waals surface area (Å²) in [6.07, 6.45) is 1.48. The first kappa shape index (κ1) is 16.9. The van der Waals surface area contributed by atoms with Gasteiger partial charge in [-0.1, -0.05) is 18.2 Å². The molecule has 8 heteroatoms. The molecule has 0 saturated heterocycles. The Hall–Kier alpha value is -3.51. The van der Waals surface area contributed by atoms with E-state index >= 15 is 0 Å². The summed E-state index contributed by atoms with van der Waals surface area (Å²) in [4.78, 5) is 36.4. The average Bonchev–Trinajstić information content (AvgIpc) is 2.60. The standard InChI is InChI=1S/C16H12FN3O4/c1-24-16(23)11-7-12(18-8-21)15(19-9-22)13(17)14(11)20-10-5-3-2-4-6-10/h2-8,20H,1H3,(H,18,21). The Kier molecular flexibility index (Phi) is 5.38. The van der Waals surface area contributed by atoms with Gasteiger partial charge in [0.15, 0.2) is 5.82 Å². The molecule has 0 aromatic heterocycles. The largest absolute Gasteiger partial charge is 0.465 e. The lowest BCUT2D eigenvalue weighted by molar-refractivity contribution is -0.105. The van der Waals surface area contributed by atoms with E-state index in [1.165, 1.54) is 6.08 Å². The number of methoxy groups -OCH3 is 1. The van der Waals surface area contributed by atoms with Gasteiger partial charge in [-0.3, -0.25) is 4.79 Å². The van der Waals surface area contributed by atoms with Crippen LogP contribution in [0.5, 0.6) is 0 Å². The molecule has 0 aliphatic carbocycles. The minimum absolute atomic E-state index is 0.162. The van der Waals surface area contributed by atoms with Gasteiger partial charge < -0.3 is 15.4 Å². The van der Waals surface area contributed by atoms with Crippen molar-refractivity contribution in [3.8, 4) is 0 Å². The maximum atomic E-state index is 14.8. The van der Waals surface area contributed by atoms with Gasteiger partial charge in [-0.15, -0.1) is 0 Å². The molecule has 0 saturated carbocycles. The number of benzene rings is 2. The second-order valence-electron chi connectivity index (χ2n) is 4.46. The number of amides is 1. The monoisotopic (exact) mass is 329 g/mol. The summed E-state index contributed by atoms with van der Waals surface area (Å²) in [5.74, 6) is -1.84. The first-order chi connectivity index (χ1) is 11.6. The van der Waals surface area contributed by atoms with Crippen molar-refractivity contribution in [1.29, 1.82) is 0 Å². The van der Waals surface area contributed by atoms with Crippen LogP contribution < -0.4 is 10.6 Å². The summed E-state index contributed by atoms with van der Waals surface area (Å²) in [5, 5.41) is 4.93. The summed E-state index contributed by atoms with van der Waals surface area (Å²) in [7, 11) is 1.14. The van der Waals surface area contributed by atoms with Crippen molar-refractivity contribution in [1.82, 2.24) is 0 Å². The van der Waals surface area contributed by atoms with Gasteiger partial charge in [-0.25, -0.2) is 14.0 Å². The number of esters is 1. The molecule has 2 aromatic rings. The molecule has 0 fully saturated rings. The average molecular weight is 329 g/mol. The Morgan fingerprint density at radius 3 is 2.62 bits per heavy atom. The zero-order valence-electron chi connectivity index (χ0n) is 12.5. The van der Waals surface area contributed by atoms with E-state index in [1.54, 1.807) is 30.3 Å². The number of isocyanates is 1. The van der Waals surface area contributed by atoms with Crippen molar-refractivity contribution in [2.45, 2.75) is 0 Å². The van der Waals surface area contributed by atoms with Gasteiger partial charge in [-0.05, 0) is 18.2 Å². The van der Waals surface area contributed by atoms with Crippen LogP contribution in [0.15, 0.2) is 41.4 Å². The first-order valence-electron chi connectivity index (χ1n) is 6.67. The highest BCUT2D eigenvalue weighted by atomic mass is 19.1. The molecule has 0 spiro atoms. The Morgan fingerprint density at radius 2 is 2.04 bits per heavy atom.